The third-order valence-corrected chi connectivity index (χ3v) is 10.6. The van der Waals surface area contributed by atoms with Crippen molar-refractivity contribution in [1.82, 2.24) is 20.3 Å². The van der Waals surface area contributed by atoms with Gasteiger partial charge in [-0.25, -0.2) is 9.97 Å². The molecule has 0 radical (unpaired) electrons. The summed E-state index contributed by atoms with van der Waals surface area (Å²) in [5.41, 5.74) is -0.183. The molecule has 1 saturated heterocycles. The fourth-order valence-electron chi connectivity index (χ4n) is 5.63. The summed E-state index contributed by atoms with van der Waals surface area (Å²) in [5.74, 6) is 0.139. The lowest BCUT2D eigenvalue weighted by Crippen LogP contribution is -2.40. The Morgan fingerprint density at radius 3 is 2.64 bits per heavy atom. The maximum absolute atomic E-state index is 14.0. The molecule has 0 bridgehead atoms. The normalized spacial score (nSPS) is 21.6. The van der Waals surface area contributed by atoms with E-state index in [2.05, 4.69) is 31.7 Å². The summed E-state index contributed by atoms with van der Waals surface area (Å²) in [6, 6.07) is 5.52. The number of halogens is 3. The number of rotatable bonds is 6. The molecular weight excluding hydrogens is 488 g/mol. The van der Waals surface area contributed by atoms with Gasteiger partial charge in [0.05, 0.1) is 28.1 Å². The predicted molar refractivity (Wildman–Crippen MR) is 134 cm³/mol. The minimum Gasteiger partial charge on any atom is -0.360 e. The second-order valence-corrected chi connectivity index (χ2v) is 12.7. The minimum absolute atomic E-state index is 0.0229. The number of anilines is 1. The summed E-state index contributed by atoms with van der Waals surface area (Å²) < 4.78 is 55.8. The largest absolute Gasteiger partial charge is 0.419 e. The van der Waals surface area contributed by atoms with Crippen LogP contribution in [0.25, 0.3) is 22.2 Å². The Kier molecular flexibility index (Phi) is 6.56. The van der Waals surface area contributed by atoms with Crippen molar-refractivity contribution in [2.24, 2.45) is 0 Å². The quantitative estimate of drug-likeness (QED) is 0.387. The lowest BCUT2D eigenvalue weighted by molar-refractivity contribution is -0.137. The molecule has 3 N–H and O–H groups in total. The highest BCUT2D eigenvalue weighted by Crippen LogP contribution is 2.53. The number of fused-ring (bicyclic) bond motifs is 1. The van der Waals surface area contributed by atoms with E-state index >= 15 is 0 Å². The highest BCUT2D eigenvalue weighted by atomic mass is 31.2. The second-order valence-electron chi connectivity index (χ2n) is 9.54. The van der Waals surface area contributed by atoms with Gasteiger partial charge in [0.2, 0.25) is 5.95 Å². The number of H-pyrrole nitrogens is 1. The smallest absolute Gasteiger partial charge is 0.360 e. The van der Waals surface area contributed by atoms with Gasteiger partial charge in [-0.1, -0.05) is 13.0 Å². The van der Waals surface area contributed by atoms with Gasteiger partial charge in [-0.15, -0.1) is 0 Å². The van der Waals surface area contributed by atoms with Gasteiger partial charge in [-0.05, 0) is 44.7 Å². The van der Waals surface area contributed by atoms with Crippen LogP contribution in [0.1, 0.15) is 50.2 Å². The maximum Gasteiger partial charge on any atom is 0.419 e. The van der Waals surface area contributed by atoms with Crippen molar-refractivity contribution in [2.75, 3.05) is 24.2 Å². The molecular formula is C25H28F3N6OP. The Hall–Kier alpha value is -2.89. The number of hydrogen-bond donors (Lipinski definition) is 3. The van der Waals surface area contributed by atoms with Crippen molar-refractivity contribution in [2.45, 2.75) is 57.3 Å². The molecule has 3 heterocycles. The van der Waals surface area contributed by atoms with Gasteiger partial charge < -0.3 is 20.2 Å². The molecule has 0 unspecified atom stereocenters. The fraction of sp³-hybridized carbons (Fsp3) is 0.480. The van der Waals surface area contributed by atoms with Crippen LogP contribution < -0.4 is 15.9 Å². The van der Waals surface area contributed by atoms with E-state index in [4.69, 9.17) is 0 Å². The van der Waals surface area contributed by atoms with E-state index in [0.717, 1.165) is 44.8 Å². The molecule has 0 amide bonds. The highest BCUT2D eigenvalue weighted by molar-refractivity contribution is 7.72. The number of alkyl halides is 3. The summed E-state index contributed by atoms with van der Waals surface area (Å²) in [6.45, 7) is 2.82. The van der Waals surface area contributed by atoms with Gasteiger partial charge in [-0.2, -0.15) is 18.4 Å². The number of nitrogens with zero attached hydrogens (tertiary/aromatic N) is 3. The molecule has 1 aliphatic heterocycles. The van der Waals surface area contributed by atoms with Gasteiger partial charge in [0.1, 0.15) is 12.7 Å². The monoisotopic (exact) mass is 516 g/mol. The number of nitriles is 1. The molecule has 11 heteroatoms. The van der Waals surface area contributed by atoms with E-state index in [1.165, 1.54) is 6.20 Å². The van der Waals surface area contributed by atoms with Gasteiger partial charge in [-0.3, -0.25) is 0 Å². The van der Waals surface area contributed by atoms with Crippen LogP contribution in [-0.2, 0) is 10.7 Å². The third-order valence-electron chi connectivity index (χ3n) is 7.29. The van der Waals surface area contributed by atoms with E-state index in [1.807, 2.05) is 6.92 Å². The molecule has 3 aromatic rings. The molecule has 5 rings (SSSR count). The van der Waals surface area contributed by atoms with Crippen molar-refractivity contribution >= 4 is 29.3 Å². The third kappa shape index (κ3) is 4.39. The molecule has 2 aliphatic rings. The van der Waals surface area contributed by atoms with Crippen molar-refractivity contribution in [3.05, 3.63) is 35.7 Å². The molecule has 36 heavy (non-hydrogen) atoms. The SMILES string of the molecule is CCN[C@H]1CCC[C@@H]1Nc1ncc(C(F)(F)F)c(-c2c[nH]c3c(P4(=O)CCCC4)c(C#N)ccc23)n1. The zero-order valence-corrected chi connectivity index (χ0v) is 20.8. The van der Waals surface area contributed by atoms with E-state index in [9.17, 15) is 23.0 Å². The minimum atomic E-state index is -4.66. The Bertz CT molecular complexity index is 1370. The highest BCUT2D eigenvalue weighted by Gasteiger charge is 2.38. The van der Waals surface area contributed by atoms with E-state index in [0.29, 0.717) is 34.1 Å². The molecule has 1 aliphatic carbocycles. The molecule has 2 aromatic heterocycles. The Morgan fingerprint density at radius 2 is 1.94 bits per heavy atom. The first-order valence-electron chi connectivity index (χ1n) is 12.3. The fourth-order valence-corrected chi connectivity index (χ4v) is 8.93. The van der Waals surface area contributed by atoms with Crippen LogP contribution in [0.3, 0.4) is 0 Å². The Balaban J connectivity index is 1.63. The predicted octanol–water partition coefficient (Wildman–Crippen LogP) is 5.24. The lowest BCUT2D eigenvalue weighted by Gasteiger charge is -2.22. The molecule has 2 fully saturated rings. The summed E-state index contributed by atoms with van der Waals surface area (Å²) >= 11 is 0. The summed E-state index contributed by atoms with van der Waals surface area (Å²) in [7, 11) is -2.82. The van der Waals surface area contributed by atoms with Crippen LogP contribution >= 0.6 is 7.14 Å². The first-order valence-corrected chi connectivity index (χ1v) is 14.4. The zero-order valence-electron chi connectivity index (χ0n) is 20.0. The van der Waals surface area contributed by atoms with Crippen molar-refractivity contribution in [1.29, 1.82) is 5.26 Å². The van der Waals surface area contributed by atoms with E-state index < -0.39 is 18.9 Å². The molecule has 190 valence electrons. The van der Waals surface area contributed by atoms with E-state index in [-0.39, 0.29) is 29.3 Å². The lowest BCUT2D eigenvalue weighted by atomic mass is 10.0. The zero-order chi connectivity index (χ0) is 25.5. The summed E-state index contributed by atoms with van der Waals surface area (Å²) in [6.07, 6.45) is 3.10. The number of nitrogens with one attached hydrogen (secondary N) is 3. The van der Waals surface area contributed by atoms with Crippen molar-refractivity contribution < 1.29 is 17.7 Å². The summed E-state index contributed by atoms with van der Waals surface area (Å²) in [4.78, 5) is 11.4. The first-order chi connectivity index (χ1) is 17.2. The molecule has 1 aromatic carbocycles. The van der Waals surface area contributed by atoms with Crippen LogP contribution in [0, 0.1) is 11.3 Å². The van der Waals surface area contributed by atoms with Gasteiger partial charge in [0.15, 0.2) is 0 Å². The topological polar surface area (TPSA) is 106 Å². The number of aromatic amines is 1. The second kappa shape index (κ2) is 9.53. The van der Waals surface area contributed by atoms with Crippen LogP contribution in [-0.4, -0.2) is 45.9 Å². The molecule has 1 saturated carbocycles. The number of aromatic nitrogens is 3. The van der Waals surface area contributed by atoms with Crippen LogP contribution in [0.15, 0.2) is 24.5 Å². The standard InChI is InChI=1S/C25H28F3N6OP/c1-2-30-19-6-5-7-20(19)33-24-32-14-18(25(26,27)28)21(34-24)17-13-31-22-16(17)9-8-15(12-29)23(22)36(35)10-3-4-11-36/h8-9,13-14,19-20,30-31H,2-7,10-11H2,1H3,(H,32,33,34)/t19-,20-/m0/s1. The van der Waals surface area contributed by atoms with Crippen molar-refractivity contribution in [3.8, 4) is 17.3 Å². The van der Waals surface area contributed by atoms with Crippen LogP contribution in [0.5, 0.6) is 0 Å². The Morgan fingerprint density at radius 1 is 1.19 bits per heavy atom. The van der Waals surface area contributed by atoms with E-state index in [1.54, 1.807) is 12.1 Å². The van der Waals surface area contributed by atoms with Crippen LogP contribution in [0.4, 0.5) is 19.1 Å². The molecule has 7 nitrogen and oxygen atoms in total. The van der Waals surface area contributed by atoms with Gasteiger partial charge in [0, 0.05) is 47.8 Å². The number of hydrogen-bond acceptors (Lipinski definition) is 6. The maximum atomic E-state index is 14.0. The Labute approximate surface area is 207 Å². The van der Waals surface area contributed by atoms with Crippen LogP contribution in [0.2, 0.25) is 0 Å². The number of benzene rings is 1. The molecule has 2 atom stereocenters. The average Bonchev–Trinajstić information content (AvgIpc) is 3.58. The molecule has 0 spiro atoms. The van der Waals surface area contributed by atoms with Gasteiger partial charge in [0.25, 0.3) is 0 Å². The first kappa shape index (κ1) is 24.8. The van der Waals surface area contributed by atoms with Crippen molar-refractivity contribution in [3.63, 3.8) is 0 Å². The van der Waals surface area contributed by atoms with Gasteiger partial charge >= 0.3 is 6.18 Å². The average molecular weight is 517 g/mol. The summed E-state index contributed by atoms with van der Waals surface area (Å²) in [5, 5.41) is 17.3. The number of likely N-dealkylation sites (N-methyl/N-ethyl adjacent to an activating group) is 1.